The van der Waals surface area contributed by atoms with E-state index in [0.717, 1.165) is 87.9 Å². The van der Waals surface area contributed by atoms with Crippen LogP contribution in [0, 0.1) is 0 Å². The Hall–Kier alpha value is -8.96. The Kier molecular flexibility index (Phi) is 17.0. The molecule has 382 valence electrons. The van der Waals surface area contributed by atoms with Gasteiger partial charge in [-0.05, 0) is 86.9 Å². The summed E-state index contributed by atoms with van der Waals surface area (Å²) in [5.41, 5.74) is 3.79. The highest BCUT2D eigenvalue weighted by Crippen LogP contribution is 2.33. The molecule has 22 nitrogen and oxygen atoms in total. The molecular weight excluding hydrogens is 945 g/mol. The molecular formula is C52H58N16O6. The molecule has 7 N–H and O–H groups in total. The van der Waals surface area contributed by atoms with Crippen molar-refractivity contribution in [2.45, 2.75) is 6.73 Å². The molecule has 22 heteroatoms. The number of fused-ring (bicyclic) bond motifs is 2. The van der Waals surface area contributed by atoms with Crippen LogP contribution in [0.1, 0.15) is 0 Å². The van der Waals surface area contributed by atoms with Crippen molar-refractivity contribution >= 4 is 80.2 Å². The summed E-state index contributed by atoms with van der Waals surface area (Å²) in [6.45, 7) is 14.6. The van der Waals surface area contributed by atoms with Crippen LogP contribution in [-0.2, 0) is 16.3 Å². The van der Waals surface area contributed by atoms with Crippen molar-refractivity contribution < 1.29 is 29.3 Å². The lowest BCUT2D eigenvalue weighted by molar-refractivity contribution is -0.112. The molecule has 74 heavy (non-hydrogen) atoms. The zero-order valence-corrected chi connectivity index (χ0v) is 41.3. The lowest BCUT2D eigenvalue weighted by atomic mass is 10.3. The fraction of sp³-hybridized carbons (Fsp3) is 0.231. The van der Waals surface area contributed by atoms with Gasteiger partial charge in [-0.15, -0.1) is 0 Å². The number of anilines is 8. The number of aromatic amines is 1. The Labute approximate surface area is 427 Å². The molecule has 2 fully saturated rings. The number of hydrogen-bond donors (Lipinski definition) is 7. The fourth-order valence-electron chi connectivity index (χ4n) is 7.84. The number of nitrogens with one attached hydrogen (secondary N) is 5. The van der Waals surface area contributed by atoms with E-state index in [0.29, 0.717) is 63.2 Å². The number of amides is 2. The second-order valence-corrected chi connectivity index (χ2v) is 16.9. The number of aromatic nitrogens is 8. The summed E-state index contributed by atoms with van der Waals surface area (Å²) in [4.78, 5) is 63.1. The summed E-state index contributed by atoms with van der Waals surface area (Å²) in [6.07, 6.45) is 9.43. The molecule has 2 amide bonds. The molecule has 2 aromatic carbocycles. The van der Waals surface area contributed by atoms with Gasteiger partial charge in [-0.3, -0.25) is 9.59 Å². The van der Waals surface area contributed by atoms with Crippen molar-refractivity contribution in [3.63, 3.8) is 0 Å². The minimum atomic E-state index is -0.319. The maximum absolute atomic E-state index is 11.7. The van der Waals surface area contributed by atoms with Gasteiger partial charge in [0.15, 0.2) is 5.65 Å². The number of H-pyrrole nitrogens is 1. The van der Waals surface area contributed by atoms with E-state index in [2.05, 4.69) is 103 Å². The smallest absolute Gasteiger partial charge is 0.247 e. The number of nitrogens with zero attached hydrogens (tertiary/aromatic N) is 11. The lowest BCUT2D eigenvalue weighted by Crippen LogP contribution is -2.44. The molecule has 0 bridgehead atoms. The van der Waals surface area contributed by atoms with E-state index >= 15 is 0 Å². The van der Waals surface area contributed by atoms with Gasteiger partial charge in [0, 0.05) is 95.4 Å². The average molecular weight is 1000 g/mol. The van der Waals surface area contributed by atoms with Crippen LogP contribution < -0.4 is 40.5 Å². The summed E-state index contributed by atoms with van der Waals surface area (Å²) in [7, 11) is 5.26. The number of aliphatic hydroxyl groups is 2. The second kappa shape index (κ2) is 24.4. The molecule has 10 rings (SSSR count). The highest BCUT2D eigenvalue weighted by molar-refractivity contribution is 5.99. The van der Waals surface area contributed by atoms with Gasteiger partial charge in [0.05, 0.1) is 34.5 Å². The lowest BCUT2D eigenvalue weighted by Gasteiger charge is -2.33. The Morgan fingerprint density at radius 1 is 0.635 bits per heavy atom. The quantitative estimate of drug-likeness (QED) is 0.0537. The minimum Gasteiger partial charge on any atom is -0.438 e. The van der Waals surface area contributed by atoms with Crippen molar-refractivity contribution in [1.82, 2.24) is 49.3 Å². The molecule has 8 aromatic rings. The highest BCUT2D eigenvalue weighted by Gasteiger charge is 2.19. The number of ether oxygens (including phenoxy) is 2. The predicted octanol–water partition coefficient (Wildman–Crippen LogP) is 6.56. The van der Waals surface area contributed by atoms with Gasteiger partial charge in [0.1, 0.15) is 35.5 Å². The first-order valence-corrected chi connectivity index (χ1v) is 23.6. The van der Waals surface area contributed by atoms with Gasteiger partial charge in [-0.1, -0.05) is 25.3 Å². The number of carbonyl (C=O) groups excluding carboxylic acids is 2. The zero-order valence-electron chi connectivity index (χ0n) is 41.3. The number of benzene rings is 2. The van der Waals surface area contributed by atoms with Crippen LogP contribution in [0.5, 0.6) is 23.3 Å². The molecule has 2 saturated heterocycles. The first-order chi connectivity index (χ1) is 36.1. The van der Waals surface area contributed by atoms with Crippen LogP contribution >= 0.6 is 0 Å². The standard InChI is InChI=1S/C26H28N8O3.C25H26N8O2.CH4O/c1-3-23(36)28-18-5-4-6-20(15-18)37-25-21-9-10-34(17-35)24(21)30-26(31-25)29-19-7-8-22(27-16-19)33-13-11-32(2)12-14-33;1-3-22(34)28-17-5-4-6-19(15-17)35-24-20-9-10-26-23(20)30-25(31-24)29-18-7-8-21(27-16-18)33-13-11-32(2)12-14-33;1-2/h3-10,15-16,35H,1,11-14,17H2,2H3,(H,28,36)(H,29,30,31);3-10,15-16H,1,11-14H2,2H3,(H,28,34)(H2,26,29,30,31);2H,1H3. The van der Waals surface area contributed by atoms with Gasteiger partial charge < -0.3 is 70.1 Å². The van der Waals surface area contributed by atoms with Crippen LogP contribution in [0.25, 0.3) is 22.1 Å². The summed E-state index contributed by atoms with van der Waals surface area (Å²) in [5.74, 6) is 3.62. The van der Waals surface area contributed by atoms with Gasteiger partial charge in [-0.25, -0.2) is 9.97 Å². The van der Waals surface area contributed by atoms with E-state index < -0.39 is 0 Å². The Morgan fingerprint density at radius 3 is 1.61 bits per heavy atom. The van der Waals surface area contributed by atoms with Crippen molar-refractivity contribution in [2.24, 2.45) is 0 Å². The number of carbonyl (C=O) groups is 2. The zero-order chi connectivity index (χ0) is 52.0. The maximum atomic E-state index is 11.7. The topological polar surface area (TPSA) is 252 Å². The molecule has 0 saturated carbocycles. The van der Waals surface area contributed by atoms with Crippen molar-refractivity contribution in [1.29, 1.82) is 0 Å². The predicted molar refractivity (Wildman–Crippen MR) is 287 cm³/mol. The molecule has 8 heterocycles. The molecule has 0 aliphatic carbocycles. The van der Waals surface area contributed by atoms with Crippen LogP contribution in [-0.4, -0.2) is 145 Å². The van der Waals surface area contributed by atoms with Crippen LogP contribution in [0.3, 0.4) is 0 Å². The van der Waals surface area contributed by atoms with Crippen LogP contribution in [0.2, 0.25) is 0 Å². The molecule has 0 spiro atoms. The molecule has 6 aromatic heterocycles. The van der Waals surface area contributed by atoms with Gasteiger partial charge in [0.25, 0.3) is 0 Å². The summed E-state index contributed by atoms with van der Waals surface area (Å²) >= 11 is 0. The first-order valence-electron chi connectivity index (χ1n) is 23.6. The van der Waals surface area contributed by atoms with Crippen molar-refractivity contribution in [3.05, 3.63) is 135 Å². The molecule has 0 atom stereocenters. The van der Waals surface area contributed by atoms with E-state index in [-0.39, 0.29) is 18.5 Å². The van der Waals surface area contributed by atoms with E-state index in [1.807, 2.05) is 30.3 Å². The third kappa shape index (κ3) is 13.1. The highest BCUT2D eigenvalue weighted by atomic mass is 16.5. The van der Waals surface area contributed by atoms with Crippen molar-refractivity contribution in [2.75, 3.05) is 105 Å². The summed E-state index contributed by atoms with van der Waals surface area (Å²) < 4.78 is 13.8. The van der Waals surface area contributed by atoms with Gasteiger partial charge in [-0.2, -0.15) is 19.9 Å². The Balaban J connectivity index is 0.000000191. The van der Waals surface area contributed by atoms with E-state index in [1.54, 1.807) is 84.0 Å². The monoisotopic (exact) mass is 1000 g/mol. The molecule has 2 aliphatic heterocycles. The van der Waals surface area contributed by atoms with E-state index in [1.165, 1.54) is 12.2 Å². The maximum Gasteiger partial charge on any atom is 0.247 e. The van der Waals surface area contributed by atoms with Crippen LogP contribution in [0.15, 0.2) is 135 Å². The first kappa shape index (κ1) is 51.4. The summed E-state index contributed by atoms with van der Waals surface area (Å²) in [5, 5.41) is 30.0. The Morgan fingerprint density at radius 2 is 1.14 bits per heavy atom. The number of rotatable bonds is 15. The number of aliphatic hydroxyl groups excluding tert-OH is 2. The van der Waals surface area contributed by atoms with Gasteiger partial charge in [0.2, 0.25) is 35.5 Å². The molecule has 2 aliphatic rings. The number of pyridine rings is 2. The molecule has 0 unspecified atom stereocenters. The minimum absolute atomic E-state index is 0.246. The Bertz CT molecular complexity index is 3180. The third-order valence-corrected chi connectivity index (χ3v) is 11.8. The SMILES string of the molecule is C=CC(=O)Nc1cccc(Oc2nc(Nc3ccc(N4CCN(C)CC4)nc3)nc3[nH]ccc23)c1.C=CC(=O)Nc1cccc(Oc2nc(Nc3ccc(N4CCN(C)CC4)nc3)nc3c2ccn3CO)c1.CO. The number of likely N-dealkylation sites (N-methyl/N-ethyl adjacent to an activating group) is 2. The van der Waals surface area contributed by atoms with Crippen LogP contribution in [0.4, 0.5) is 46.3 Å². The van der Waals surface area contributed by atoms with E-state index in [9.17, 15) is 14.7 Å². The van der Waals surface area contributed by atoms with Gasteiger partial charge >= 0.3 is 0 Å². The fourth-order valence-corrected chi connectivity index (χ4v) is 7.84. The normalized spacial score (nSPS) is 13.7. The second-order valence-electron chi connectivity index (χ2n) is 16.9. The van der Waals surface area contributed by atoms with E-state index in [4.69, 9.17) is 14.6 Å². The largest absolute Gasteiger partial charge is 0.438 e. The number of piperazine rings is 2. The third-order valence-electron chi connectivity index (χ3n) is 11.8. The molecule has 0 radical (unpaired) electrons. The summed E-state index contributed by atoms with van der Waals surface area (Å²) in [6, 6.07) is 25.5. The number of hydrogen-bond acceptors (Lipinski definition) is 18. The average Bonchev–Trinajstić information content (AvgIpc) is 4.08. The van der Waals surface area contributed by atoms with Crippen molar-refractivity contribution in [3.8, 4) is 23.3 Å².